The lowest BCUT2D eigenvalue weighted by Gasteiger charge is -2.35. The van der Waals surface area contributed by atoms with Gasteiger partial charge in [-0.2, -0.15) is 0 Å². The Labute approximate surface area is 178 Å². The zero-order valence-electron chi connectivity index (χ0n) is 17.5. The monoisotopic (exact) mass is 421 g/mol. The van der Waals surface area contributed by atoms with Crippen LogP contribution in [0.25, 0.3) is 0 Å². The van der Waals surface area contributed by atoms with Gasteiger partial charge in [-0.25, -0.2) is 4.98 Å². The molecular formula is C22H32ClN3O3. The number of hydrogen-bond acceptors (Lipinski definition) is 4. The van der Waals surface area contributed by atoms with Gasteiger partial charge in [-0.15, -0.1) is 0 Å². The number of hydrogen-bond donors (Lipinski definition) is 0. The van der Waals surface area contributed by atoms with Gasteiger partial charge in [0, 0.05) is 38.8 Å². The molecular weight excluding hydrogens is 390 g/mol. The molecule has 1 saturated carbocycles. The summed E-state index contributed by atoms with van der Waals surface area (Å²) in [5.41, 5.74) is 0.447. The summed E-state index contributed by atoms with van der Waals surface area (Å²) in [5.74, 6) is 1.18. The minimum absolute atomic E-state index is 0.0368. The molecule has 0 atom stereocenters. The van der Waals surface area contributed by atoms with Gasteiger partial charge >= 0.3 is 0 Å². The predicted octanol–water partition coefficient (Wildman–Crippen LogP) is 4.17. The maximum atomic E-state index is 12.8. The Kier molecular flexibility index (Phi) is 7.76. The van der Waals surface area contributed by atoms with E-state index in [4.69, 9.17) is 16.3 Å². The Bertz CT molecular complexity index is 711. The number of halogens is 1. The Balaban J connectivity index is 1.47. The third-order valence-corrected chi connectivity index (χ3v) is 6.08. The fraction of sp³-hybridized carbons (Fsp3) is 0.682. The van der Waals surface area contributed by atoms with Crippen molar-refractivity contribution in [1.29, 1.82) is 0 Å². The lowest BCUT2D eigenvalue weighted by molar-refractivity contribution is -0.133. The van der Waals surface area contributed by atoms with E-state index in [2.05, 4.69) is 4.98 Å². The third kappa shape index (κ3) is 6.08. The molecule has 2 amide bonds. The van der Waals surface area contributed by atoms with Gasteiger partial charge in [0.15, 0.2) is 0 Å². The van der Waals surface area contributed by atoms with E-state index in [0.29, 0.717) is 49.1 Å². The van der Waals surface area contributed by atoms with Crippen LogP contribution in [0.1, 0.15) is 69.2 Å². The van der Waals surface area contributed by atoms with Crippen molar-refractivity contribution in [1.82, 2.24) is 14.8 Å². The number of rotatable bonds is 6. The molecule has 0 N–H and O–H groups in total. The predicted molar refractivity (Wildman–Crippen MR) is 113 cm³/mol. The quantitative estimate of drug-likeness (QED) is 0.691. The summed E-state index contributed by atoms with van der Waals surface area (Å²) >= 11 is 6.21. The molecule has 0 aromatic carbocycles. The number of pyridine rings is 1. The van der Waals surface area contributed by atoms with Crippen LogP contribution in [-0.4, -0.2) is 58.9 Å². The van der Waals surface area contributed by atoms with Gasteiger partial charge in [0.1, 0.15) is 5.02 Å². The molecule has 0 radical (unpaired) electrons. The first-order chi connectivity index (χ1) is 13.9. The molecule has 0 unspecified atom stereocenters. The molecule has 6 nitrogen and oxygen atoms in total. The number of piperazine rings is 1. The van der Waals surface area contributed by atoms with Gasteiger partial charge in [-0.1, -0.05) is 43.7 Å². The Morgan fingerprint density at radius 2 is 1.79 bits per heavy atom. The Morgan fingerprint density at radius 3 is 2.41 bits per heavy atom. The van der Waals surface area contributed by atoms with Crippen molar-refractivity contribution in [3.63, 3.8) is 0 Å². The van der Waals surface area contributed by atoms with Gasteiger partial charge < -0.3 is 14.5 Å². The summed E-state index contributed by atoms with van der Waals surface area (Å²) in [7, 11) is 0. The largest absolute Gasteiger partial charge is 0.474 e. The molecule has 1 saturated heterocycles. The van der Waals surface area contributed by atoms with Crippen LogP contribution in [0.15, 0.2) is 12.3 Å². The van der Waals surface area contributed by atoms with Crippen molar-refractivity contribution >= 4 is 23.4 Å². The highest BCUT2D eigenvalue weighted by Crippen LogP contribution is 2.28. The molecule has 2 aliphatic rings. The van der Waals surface area contributed by atoms with Crippen LogP contribution in [0.3, 0.4) is 0 Å². The molecule has 0 spiro atoms. The van der Waals surface area contributed by atoms with E-state index in [0.717, 1.165) is 12.3 Å². The van der Waals surface area contributed by atoms with Gasteiger partial charge in [-0.05, 0) is 32.3 Å². The third-order valence-electron chi connectivity index (χ3n) is 5.81. The van der Waals surface area contributed by atoms with Crippen LogP contribution in [0.4, 0.5) is 0 Å². The zero-order valence-corrected chi connectivity index (χ0v) is 18.3. The first kappa shape index (κ1) is 21.9. The number of aromatic nitrogens is 1. The highest BCUT2D eigenvalue weighted by molar-refractivity contribution is 6.32. The second-order valence-electron chi connectivity index (χ2n) is 8.39. The maximum absolute atomic E-state index is 12.8. The molecule has 1 aromatic heterocycles. The van der Waals surface area contributed by atoms with Crippen molar-refractivity contribution in [2.45, 2.75) is 64.9 Å². The highest BCUT2D eigenvalue weighted by atomic mass is 35.5. The van der Waals surface area contributed by atoms with E-state index in [1.807, 2.05) is 18.7 Å². The highest BCUT2D eigenvalue weighted by Gasteiger charge is 2.26. The summed E-state index contributed by atoms with van der Waals surface area (Å²) in [5, 5.41) is 0.334. The molecule has 2 fully saturated rings. The van der Waals surface area contributed by atoms with E-state index in [1.165, 1.54) is 38.3 Å². The van der Waals surface area contributed by atoms with Crippen LogP contribution in [0.5, 0.6) is 5.88 Å². The van der Waals surface area contributed by atoms with Crippen LogP contribution in [0, 0.1) is 5.92 Å². The molecule has 1 aromatic rings. The Morgan fingerprint density at radius 1 is 1.14 bits per heavy atom. The molecule has 29 heavy (non-hydrogen) atoms. The molecule has 0 bridgehead atoms. The fourth-order valence-electron chi connectivity index (χ4n) is 4.16. The lowest BCUT2D eigenvalue weighted by Crippen LogP contribution is -2.50. The van der Waals surface area contributed by atoms with Gasteiger partial charge in [-0.3, -0.25) is 9.59 Å². The summed E-state index contributed by atoms with van der Waals surface area (Å²) in [6, 6.07) is 1.61. The number of carbonyl (C=O) groups is 2. The molecule has 1 aliphatic carbocycles. The molecule has 7 heteroatoms. The maximum Gasteiger partial charge on any atom is 0.255 e. The minimum Gasteiger partial charge on any atom is -0.474 e. The number of carbonyl (C=O) groups excluding carboxylic acids is 2. The Hall–Kier alpha value is -1.82. The first-order valence-electron chi connectivity index (χ1n) is 10.8. The van der Waals surface area contributed by atoms with Gasteiger partial charge in [0.25, 0.3) is 5.91 Å². The van der Waals surface area contributed by atoms with Crippen molar-refractivity contribution in [2.75, 3.05) is 26.2 Å². The summed E-state index contributed by atoms with van der Waals surface area (Å²) < 4.78 is 5.52. The molecule has 1 aliphatic heterocycles. The van der Waals surface area contributed by atoms with Crippen molar-refractivity contribution < 1.29 is 14.3 Å². The summed E-state index contributed by atoms with van der Waals surface area (Å²) in [6.45, 7) is 6.04. The average molecular weight is 422 g/mol. The van der Waals surface area contributed by atoms with Crippen LogP contribution in [-0.2, 0) is 4.79 Å². The summed E-state index contributed by atoms with van der Waals surface area (Å²) in [6.07, 6.45) is 9.61. The van der Waals surface area contributed by atoms with E-state index < -0.39 is 0 Å². The number of ether oxygens (including phenoxy) is 1. The van der Waals surface area contributed by atoms with Crippen LogP contribution in [0.2, 0.25) is 5.02 Å². The van der Waals surface area contributed by atoms with Crippen molar-refractivity contribution in [2.24, 2.45) is 5.92 Å². The van der Waals surface area contributed by atoms with Crippen LogP contribution >= 0.6 is 11.6 Å². The normalized spacial score (nSPS) is 18.2. The van der Waals surface area contributed by atoms with E-state index in [1.54, 1.807) is 11.0 Å². The average Bonchev–Trinajstić information content (AvgIpc) is 2.73. The fourth-order valence-corrected chi connectivity index (χ4v) is 4.37. The van der Waals surface area contributed by atoms with E-state index in [-0.39, 0.29) is 17.9 Å². The molecule has 3 rings (SSSR count). The smallest absolute Gasteiger partial charge is 0.255 e. The zero-order chi connectivity index (χ0) is 20.8. The molecule has 2 heterocycles. The van der Waals surface area contributed by atoms with Crippen molar-refractivity contribution in [3.05, 3.63) is 22.8 Å². The topological polar surface area (TPSA) is 62.7 Å². The van der Waals surface area contributed by atoms with Gasteiger partial charge in [0.2, 0.25) is 11.8 Å². The van der Waals surface area contributed by atoms with E-state index >= 15 is 0 Å². The van der Waals surface area contributed by atoms with E-state index in [9.17, 15) is 9.59 Å². The van der Waals surface area contributed by atoms with Crippen LogP contribution < -0.4 is 4.74 Å². The van der Waals surface area contributed by atoms with Crippen molar-refractivity contribution in [3.8, 4) is 5.88 Å². The second kappa shape index (κ2) is 10.3. The first-order valence-corrected chi connectivity index (χ1v) is 11.2. The number of nitrogens with zero attached hydrogens (tertiary/aromatic N) is 3. The SMILES string of the molecule is CC(C)Oc1ncc(C(=O)N2CCN(C(=O)CCC3CCCCC3)CC2)cc1Cl. The minimum atomic E-state index is -0.107. The molecule has 160 valence electrons. The standard InChI is InChI=1S/C22H32ClN3O3/c1-16(2)29-21-19(23)14-18(15-24-21)22(28)26-12-10-25(11-13-26)20(27)9-8-17-6-4-3-5-7-17/h14-17H,3-13H2,1-2H3. The van der Waals surface area contributed by atoms with Gasteiger partial charge in [0.05, 0.1) is 11.7 Å². The summed E-state index contributed by atoms with van der Waals surface area (Å²) in [4.78, 5) is 33.2. The number of amides is 2. The second-order valence-corrected chi connectivity index (χ2v) is 8.80. The lowest BCUT2D eigenvalue weighted by atomic mass is 9.86.